The van der Waals surface area contributed by atoms with E-state index in [0.717, 1.165) is 38.4 Å². The number of likely N-dealkylation sites (tertiary alicyclic amines) is 1. The summed E-state index contributed by atoms with van der Waals surface area (Å²) in [6, 6.07) is 10.1. The fourth-order valence-electron chi connectivity index (χ4n) is 2.90. The van der Waals surface area contributed by atoms with Crippen LogP contribution in [0.25, 0.3) is 0 Å². The van der Waals surface area contributed by atoms with Gasteiger partial charge in [0.25, 0.3) is 0 Å². The molecule has 1 aromatic carbocycles. The molecular weight excluding hydrogens is 318 g/mol. The van der Waals surface area contributed by atoms with Crippen molar-refractivity contribution in [3.05, 3.63) is 35.9 Å². The molecule has 1 aliphatic rings. The highest BCUT2D eigenvalue weighted by atomic mass is 16.5. The van der Waals surface area contributed by atoms with Crippen LogP contribution in [0.4, 0.5) is 0 Å². The van der Waals surface area contributed by atoms with Crippen LogP contribution in [-0.2, 0) is 20.9 Å². The third-order valence-electron chi connectivity index (χ3n) is 4.27. The van der Waals surface area contributed by atoms with Crippen LogP contribution in [0.3, 0.4) is 0 Å². The largest absolute Gasteiger partial charge is 0.469 e. The maximum atomic E-state index is 11.6. The number of hydrogen-bond donors (Lipinski definition) is 1. The van der Waals surface area contributed by atoms with E-state index < -0.39 is 0 Å². The van der Waals surface area contributed by atoms with Gasteiger partial charge < -0.3 is 19.7 Å². The first kappa shape index (κ1) is 19.2. The zero-order valence-corrected chi connectivity index (χ0v) is 15.2. The molecule has 0 unspecified atom stereocenters. The summed E-state index contributed by atoms with van der Waals surface area (Å²) in [4.78, 5) is 18.5. The summed E-state index contributed by atoms with van der Waals surface area (Å²) in [7, 11) is 1.45. The zero-order valence-electron chi connectivity index (χ0n) is 15.2. The number of nitrogens with zero attached hydrogens (tertiary/aromatic N) is 2. The van der Waals surface area contributed by atoms with Crippen LogP contribution < -0.4 is 5.32 Å². The second kappa shape index (κ2) is 10.7. The van der Waals surface area contributed by atoms with Crippen molar-refractivity contribution < 1.29 is 14.3 Å². The Morgan fingerprint density at radius 2 is 2.00 bits per heavy atom. The second-order valence-electron chi connectivity index (χ2n) is 6.06. The van der Waals surface area contributed by atoms with Crippen molar-refractivity contribution in [2.45, 2.75) is 26.4 Å². The predicted molar refractivity (Wildman–Crippen MR) is 98.4 cm³/mol. The molecule has 0 aromatic heterocycles. The van der Waals surface area contributed by atoms with Crippen LogP contribution in [0, 0.1) is 5.92 Å². The van der Waals surface area contributed by atoms with E-state index in [9.17, 15) is 4.79 Å². The Balaban J connectivity index is 1.75. The van der Waals surface area contributed by atoms with Crippen molar-refractivity contribution in [3.8, 4) is 0 Å². The molecule has 138 valence electrons. The fraction of sp³-hybridized carbons (Fsp3) is 0.579. The van der Waals surface area contributed by atoms with Crippen molar-refractivity contribution in [3.63, 3.8) is 0 Å². The Morgan fingerprint density at radius 1 is 1.28 bits per heavy atom. The van der Waals surface area contributed by atoms with Gasteiger partial charge in [-0.25, -0.2) is 0 Å². The minimum absolute atomic E-state index is 0.0123. The molecule has 1 fully saturated rings. The average molecular weight is 347 g/mol. The lowest BCUT2D eigenvalue weighted by atomic mass is 9.97. The number of carbonyl (C=O) groups is 1. The summed E-state index contributed by atoms with van der Waals surface area (Å²) in [5, 5.41) is 3.32. The number of piperidine rings is 1. The van der Waals surface area contributed by atoms with Crippen LogP contribution in [-0.4, -0.2) is 56.7 Å². The number of guanidine groups is 1. The van der Waals surface area contributed by atoms with E-state index in [1.54, 1.807) is 0 Å². The van der Waals surface area contributed by atoms with Gasteiger partial charge in [0, 0.05) is 19.6 Å². The molecule has 6 nitrogen and oxygen atoms in total. The Kier molecular flexibility index (Phi) is 8.25. The molecule has 6 heteroatoms. The van der Waals surface area contributed by atoms with Gasteiger partial charge in [-0.2, -0.15) is 0 Å². The van der Waals surface area contributed by atoms with E-state index in [1.165, 1.54) is 12.7 Å². The highest BCUT2D eigenvalue weighted by Crippen LogP contribution is 2.18. The first-order valence-corrected chi connectivity index (χ1v) is 8.97. The van der Waals surface area contributed by atoms with Gasteiger partial charge in [0.15, 0.2) is 5.96 Å². The van der Waals surface area contributed by atoms with Gasteiger partial charge in [0.2, 0.25) is 0 Å². The van der Waals surface area contributed by atoms with Crippen LogP contribution in [0.5, 0.6) is 0 Å². The number of carbonyl (C=O) groups excluding carboxylic acids is 1. The number of methoxy groups -OCH3 is 1. The Hall–Kier alpha value is -2.08. The Morgan fingerprint density at radius 3 is 2.64 bits per heavy atom. The quantitative estimate of drug-likeness (QED) is 0.354. The third-order valence-corrected chi connectivity index (χ3v) is 4.27. The number of ether oxygens (including phenoxy) is 2. The molecule has 1 aliphatic heterocycles. The van der Waals surface area contributed by atoms with E-state index >= 15 is 0 Å². The van der Waals surface area contributed by atoms with Gasteiger partial charge in [0.1, 0.15) is 0 Å². The maximum Gasteiger partial charge on any atom is 0.308 e. The molecule has 1 saturated heterocycles. The third kappa shape index (κ3) is 6.38. The number of benzene rings is 1. The lowest BCUT2D eigenvalue weighted by Gasteiger charge is -2.33. The SMILES string of the molecule is CCNC(=NCCOCc1ccccc1)N1CCC(C(=O)OC)CC1. The number of hydrogen-bond acceptors (Lipinski definition) is 4. The summed E-state index contributed by atoms with van der Waals surface area (Å²) < 4.78 is 10.5. The molecule has 1 heterocycles. The van der Waals surface area contributed by atoms with E-state index in [1.807, 2.05) is 18.2 Å². The lowest BCUT2D eigenvalue weighted by molar-refractivity contribution is -0.146. The molecule has 1 aromatic rings. The molecule has 0 aliphatic carbocycles. The number of rotatable bonds is 7. The molecule has 0 saturated carbocycles. The highest BCUT2D eigenvalue weighted by molar-refractivity contribution is 5.80. The van der Waals surface area contributed by atoms with Crippen molar-refractivity contribution >= 4 is 11.9 Å². The Labute approximate surface area is 150 Å². The highest BCUT2D eigenvalue weighted by Gasteiger charge is 2.26. The molecule has 0 bridgehead atoms. The van der Waals surface area contributed by atoms with E-state index in [0.29, 0.717) is 19.8 Å². The van der Waals surface area contributed by atoms with Gasteiger partial charge in [-0.1, -0.05) is 30.3 Å². The minimum Gasteiger partial charge on any atom is -0.469 e. The van der Waals surface area contributed by atoms with Crippen molar-refractivity contribution in [2.75, 3.05) is 39.9 Å². The monoisotopic (exact) mass is 347 g/mol. The van der Waals surface area contributed by atoms with E-state index in [4.69, 9.17) is 9.47 Å². The maximum absolute atomic E-state index is 11.6. The summed E-state index contributed by atoms with van der Waals surface area (Å²) >= 11 is 0. The second-order valence-corrected chi connectivity index (χ2v) is 6.06. The molecule has 0 amide bonds. The molecule has 25 heavy (non-hydrogen) atoms. The van der Waals surface area contributed by atoms with Gasteiger partial charge in [-0.15, -0.1) is 0 Å². The number of esters is 1. The number of nitrogens with one attached hydrogen (secondary N) is 1. The average Bonchev–Trinajstić information content (AvgIpc) is 2.67. The summed E-state index contributed by atoms with van der Waals surface area (Å²) in [5.41, 5.74) is 1.17. The van der Waals surface area contributed by atoms with E-state index in [2.05, 4.69) is 34.3 Å². The van der Waals surface area contributed by atoms with Crippen LogP contribution in [0.2, 0.25) is 0 Å². The van der Waals surface area contributed by atoms with Crippen molar-refractivity contribution in [2.24, 2.45) is 10.9 Å². The molecule has 0 spiro atoms. The standard InChI is InChI=1S/C19H29N3O3/c1-3-20-19(22-12-9-17(10-13-22)18(23)24-2)21-11-14-25-15-16-7-5-4-6-8-16/h4-8,17H,3,9-15H2,1-2H3,(H,20,21). The van der Waals surface area contributed by atoms with Crippen molar-refractivity contribution in [1.82, 2.24) is 10.2 Å². The smallest absolute Gasteiger partial charge is 0.308 e. The van der Waals surface area contributed by atoms with Crippen LogP contribution in [0.1, 0.15) is 25.3 Å². The zero-order chi connectivity index (χ0) is 17.9. The summed E-state index contributed by atoms with van der Waals surface area (Å²) in [6.45, 7) is 6.32. The Bertz CT molecular complexity index is 540. The topological polar surface area (TPSA) is 63.2 Å². The van der Waals surface area contributed by atoms with Crippen molar-refractivity contribution in [1.29, 1.82) is 0 Å². The molecular formula is C19H29N3O3. The van der Waals surface area contributed by atoms with Gasteiger partial charge in [-0.3, -0.25) is 9.79 Å². The summed E-state index contributed by atoms with van der Waals surface area (Å²) in [6.07, 6.45) is 1.61. The van der Waals surface area contributed by atoms with Gasteiger partial charge in [0.05, 0.1) is 32.8 Å². The van der Waals surface area contributed by atoms with Crippen LogP contribution >= 0.6 is 0 Å². The van der Waals surface area contributed by atoms with E-state index in [-0.39, 0.29) is 11.9 Å². The number of aliphatic imine (C=N–C) groups is 1. The van der Waals surface area contributed by atoms with Gasteiger partial charge >= 0.3 is 5.97 Å². The molecule has 1 N–H and O–H groups in total. The van der Waals surface area contributed by atoms with Gasteiger partial charge in [-0.05, 0) is 25.3 Å². The lowest BCUT2D eigenvalue weighted by Crippen LogP contribution is -2.46. The predicted octanol–water partition coefficient (Wildman–Crippen LogP) is 2.05. The first-order chi connectivity index (χ1) is 12.2. The molecule has 0 radical (unpaired) electrons. The molecule has 2 rings (SSSR count). The fourth-order valence-corrected chi connectivity index (χ4v) is 2.90. The normalized spacial score (nSPS) is 15.9. The molecule has 0 atom stereocenters. The van der Waals surface area contributed by atoms with Crippen LogP contribution in [0.15, 0.2) is 35.3 Å². The minimum atomic E-state index is -0.101. The summed E-state index contributed by atoms with van der Waals surface area (Å²) in [5.74, 6) is 0.809. The first-order valence-electron chi connectivity index (χ1n) is 8.97.